The van der Waals surface area contributed by atoms with E-state index in [-0.39, 0.29) is 11.8 Å². The first-order valence-electron chi connectivity index (χ1n) is 4.11. The number of aromatic nitrogens is 2. The molecule has 0 bridgehead atoms. The maximum absolute atomic E-state index is 13.4. The number of nitrogens with one attached hydrogen (secondary N) is 1. The molecule has 2 aromatic heterocycles. The van der Waals surface area contributed by atoms with E-state index < -0.39 is 11.8 Å². The number of H-pyrrole nitrogens is 1. The molecule has 15 heavy (non-hydrogen) atoms. The van der Waals surface area contributed by atoms with Crippen molar-refractivity contribution in [2.24, 2.45) is 0 Å². The minimum absolute atomic E-state index is 0.215. The number of pyridine rings is 1. The SMILES string of the molecule is O=C(O)Cc1c[nH]c2c(Br)ncc(F)c12. The number of nitrogens with zero attached hydrogens (tertiary/aromatic N) is 1. The second-order valence-electron chi connectivity index (χ2n) is 3.03. The molecule has 0 amide bonds. The van der Waals surface area contributed by atoms with Gasteiger partial charge in [0.2, 0.25) is 0 Å². The Labute approximate surface area is 92.3 Å². The highest BCUT2D eigenvalue weighted by atomic mass is 79.9. The van der Waals surface area contributed by atoms with Gasteiger partial charge in [0.05, 0.1) is 18.1 Å². The third kappa shape index (κ3) is 1.72. The van der Waals surface area contributed by atoms with Gasteiger partial charge in [0, 0.05) is 11.6 Å². The number of carbonyl (C=O) groups is 1. The van der Waals surface area contributed by atoms with E-state index in [0.29, 0.717) is 15.7 Å². The number of hydrogen-bond donors (Lipinski definition) is 2. The zero-order valence-electron chi connectivity index (χ0n) is 7.42. The number of hydrogen-bond acceptors (Lipinski definition) is 2. The standard InChI is InChI=1S/C9H6BrFN2O2/c10-9-8-7(5(11)3-13-9)4(2-12-8)1-6(14)15/h2-3,12H,1H2,(H,14,15). The molecule has 4 nitrogen and oxygen atoms in total. The van der Waals surface area contributed by atoms with Crippen LogP contribution in [0.15, 0.2) is 17.0 Å². The number of aliphatic carboxylic acids is 1. The summed E-state index contributed by atoms with van der Waals surface area (Å²) < 4.78 is 13.9. The van der Waals surface area contributed by atoms with Crippen LogP contribution in [0.25, 0.3) is 10.9 Å². The van der Waals surface area contributed by atoms with Crippen molar-refractivity contribution in [1.29, 1.82) is 0 Å². The summed E-state index contributed by atoms with van der Waals surface area (Å²) in [4.78, 5) is 17.1. The Bertz CT molecular complexity index is 538. The van der Waals surface area contributed by atoms with Gasteiger partial charge in [0.15, 0.2) is 5.82 Å². The summed E-state index contributed by atoms with van der Waals surface area (Å²) in [7, 11) is 0. The first-order valence-corrected chi connectivity index (χ1v) is 4.90. The van der Waals surface area contributed by atoms with Crippen LogP contribution < -0.4 is 0 Å². The number of carboxylic acids is 1. The van der Waals surface area contributed by atoms with Gasteiger partial charge < -0.3 is 10.1 Å². The van der Waals surface area contributed by atoms with Crippen molar-refractivity contribution in [2.45, 2.75) is 6.42 Å². The highest BCUT2D eigenvalue weighted by molar-refractivity contribution is 9.10. The van der Waals surface area contributed by atoms with Crippen LogP contribution >= 0.6 is 15.9 Å². The Morgan fingerprint density at radius 2 is 2.40 bits per heavy atom. The first-order chi connectivity index (χ1) is 7.09. The third-order valence-corrected chi connectivity index (χ3v) is 2.64. The number of carboxylic acid groups (broad SMARTS) is 1. The Morgan fingerprint density at radius 1 is 1.67 bits per heavy atom. The molecular formula is C9H6BrFN2O2. The van der Waals surface area contributed by atoms with Gasteiger partial charge in [0.1, 0.15) is 4.60 Å². The molecule has 0 aliphatic carbocycles. The fraction of sp³-hybridized carbons (Fsp3) is 0.111. The lowest BCUT2D eigenvalue weighted by atomic mass is 10.1. The van der Waals surface area contributed by atoms with Crippen LogP contribution in [0.1, 0.15) is 5.56 Å². The normalized spacial score (nSPS) is 10.8. The van der Waals surface area contributed by atoms with E-state index in [1.807, 2.05) is 0 Å². The second-order valence-corrected chi connectivity index (χ2v) is 3.78. The number of rotatable bonds is 2. The molecule has 0 radical (unpaired) electrons. The van der Waals surface area contributed by atoms with Crippen molar-refractivity contribution in [3.8, 4) is 0 Å². The van der Waals surface area contributed by atoms with E-state index in [0.717, 1.165) is 6.20 Å². The van der Waals surface area contributed by atoms with Crippen LogP contribution in [-0.4, -0.2) is 21.0 Å². The molecule has 2 heterocycles. The average molecular weight is 273 g/mol. The predicted octanol–water partition coefficient (Wildman–Crippen LogP) is 2.09. The lowest BCUT2D eigenvalue weighted by Gasteiger charge is -1.97. The summed E-state index contributed by atoms with van der Waals surface area (Å²) in [6, 6.07) is 0. The van der Waals surface area contributed by atoms with Crippen molar-refractivity contribution < 1.29 is 14.3 Å². The van der Waals surface area contributed by atoms with Crippen molar-refractivity contribution in [2.75, 3.05) is 0 Å². The molecule has 2 rings (SSSR count). The minimum atomic E-state index is -0.997. The Balaban J connectivity index is 2.67. The molecule has 2 N–H and O–H groups in total. The topological polar surface area (TPSA) is 66.0 Å². The second kappa shape index (κ2) is 3.62. The number of halogens is 2. The van der Waals surface area contributed by atoms with Gasteiger partial charge in [-0.3, -0.25) is 4.79 Å². The van der Waals surface area contributed by atoms with Gasteiger partial charge in [-0.1, -0.05) is 0 Å². The van der Waals surface area contributed by atoms with Gasteiger partial charge in [-0.2, -0.15) is 0 Å². The van der Waals surface area contributed by atoms with Crippen LogP contribution in [0.4, 0.5) is 4.39 Å². The van der Waals surface area contributed by atoms with Crippen LogP contribution in [0.3, 0.4) is 0 Å². The van der Waals surface area contributed by atoms with Crippen LogP contribution in [0.2, 0.25) is 0 Å². The summed E-state index contributed by atoms with van der Waals surface area (Å²) in [6.07, 6.45) is 2.33. The number of aromatic amines is 1. The summed E-state index contributed by atoms with van der Waals surface area (Å²) >= 11 is 3.15. The summed E-state index contributed by atoms with van der Waals surface area (Å²) in [5.74, 6) is -1.52. The molecule has 0 aliphatic rings. The molecule has 6 heteroatoms. The molecule has 0 atom stereocenters. The average Bonchev–Trinajstić information content (AvgIpc) is 2.56. The van der Waals surface area contributed by atoms with Crippen LogP contribution in [0, 0.1) is 5.82 Å². The van der Waals surface area contributed by atoms with Crippen molar-refractivity contribution in [1.82, 2.24) is 9.97 Å². The summed E-state index contributed by atoms with van der Waals surface area (Å²) in [5, 5.41) is 8.92. The fourth-order valence-electron chi connectivity index (χ4n) is 1.44. The highest BCUT2D eigenvalue weighted by Gasteiger charge is 2.14. The minimum Gasteiger partial charge on any atom is -0.481 e. The van der Waals surface area contributed by atoms with Crippen molar-refractivity contribution >= 4 is 32.8 Å². The molecule has 0 unspecified atom stereocenters. The van der Waals surface area contributed by atoms with Crippen molar-refractivity contribution in [3.63, 3.8) is 0 Å². The largest absolute Gasteiger partial charge is 0.481 e. The van der Waals surface area contributed by atoms with Crippen molar-refractivity contribution in [3.05, 3.63) is 28.4 Å². The molecule has 78 valence electrons. The molecule has 0 fully saturated rings. The summed E-state index contributed by atoms with van der Waals surface area (Å²) in [5.41, 5.74) is 0.893. The smallest absolute Gasteiger partial charge is 0.307 e. The molecule has 0 aromatic carbocycles. The zero-order chi connectivity index (χ0) is 11.0. The third-order valence-electron chi connectivity index (χ3n) is 2.04. The predicted molar refractivity (Wildman–Crippen MR) is 55.1 cm³/mol. The van der Waals surface area contributed by atoms with Gasteiger partial charge >= 0.3 is 5.97 Å². The molecule has 0 saturated heterocycles. The van der Waals surface area contributed by atoms with Gasteiger partial charge in [-0.15, -0.1) is 0 Å². The maximum Gasteiger partial charge on any atom is 0.307 e. The van der Waals surface area contributed by atoms with Crippen LogP contribution in [-0.2, 0) is 11.2 Å². The molecule has 2 aromatic rings. The van der Waals surface area contributed by atoms with E-state index in [2.05, 4.69) is 25.9 Å². The van der Waals surface area contributed by atoms with Crippen LogP contribution in [0.5, 0.6) is 0 Å². The lowest BCUT2D eigenvalue weighted by molar-refractivity contribution is -0.136. The first kappa shape index (κ1) is 10.1. The van der Waals surface area contributed by atoms with E-state index in [9.17, 15) is 9.18 Å². The van der Waals surface area contributed by atoms with Gasteiger partial charge in [0.25, 0.3) is 0 Å². The Morgan fingerprint density at radius 3 is 3.07 bits per heavy atom. The zero-order valence-corrected chi connectivity index (χ0v) is 9.01. The van der Waals surface area contributed by atoms with E-state index >= 15 is 0 Å². The molecule has 0 spiro atoms. The Hall–Kier alpha value is -1.43. The number of fused-ring (bicyclic) bond motifs is 1. The summed E-state index contributed by atoms with van der Waals surface area (Å²) in [6.45, 7) is 0. The monoisotopic (exact) mass is 272 g/mol. The van der Waals surface area contributed by atoms with E-state index in [1.165, 1.54) is 6.20 Å². The van der Waals surface area contributed by atoms with E-state index in [1.54, 1.807) is 0 Å². The fourth-order valence-corrected chi connectivity index (χ4v) is 1.86. The Kier molecular flexibility index (Phi) is 2.44. The lowest BCUT2D eigenvalue weighted by Crippen LogP contribution is -1.99. The quantitative estimate of drug-likeness (QED) is 0.823. The van der Waals surface area contributed by atoms with Gasteiger partial charge in [-0.05, 0) is 21.5 Å². The van der Waals surface area contributed by atoms with Gasteiger partial charge in [-0.25, -0.2) is 9.37 Å². The molecule has 0 aliphatic heterocycles. The molecular weight excluding hydrogens is 267 g/mol. The maximum atomic E-state index is 13.4. The van der Waals surface area contributed by atoms with E-state index in [4.69, 9.17) is 5.11 Å². The highest BCUT2D eigenvalue weighted by Crippen LogP contribution is 2.26. The molecule has 0 saturated carbocycles.